The predicted octanol–water partition coefficient (Wildman–Crippen LogP) is 2.50. The Balaban J connectivity index is 1.49. The van der Waals surface area contributed by atoms with E-state index in [0.29, 0.717) is 30.7 Å². The van der Waals surface area contributed by atoms with E-state index < -0.39 is 11.4 Å². The number of carbonyl (C=O) groups is 1. The van der Waals surface area contributed by atoms with Gasteiger partial charge in [0.1, 0.15) is 0 Å². The smallest absolute Gasteiger partial charge is 0.312 e. The van der Waals surface area contributed by atoms with Gasteiger partial charge < -0.3 is 5.11 Å². The van der Waals surface area contributed by atoms with Crippen LogP contribution in [-0.2, 0) is 11.3 Å². The third-order valence-corrected chi connectivity index (χ3v) is 6.56. The quantitative estimate of drug-likeness (QED) is 0.905. The molecule has 1 aromatic rings. The van der Waals surface area contributed by atoms with Crippen molar-refractivity contribution in [3.05, 3.63) is 29.0 Å². The van der Waals surface area contributed by atoms with Gasteiger partial charge in [-0.25, -0.2) is 0 Å². The summed E-state index contributed by atoms with van der Waals surface area (Å²) in [4.78, 5) is 20.9. The first-order valence-electron chi connectivity index (χ1n) is 8.87. The predicted molar refractivity (Wildman–Crippen MR) is 91.9 cm³/mol. The molecular formula is C18H24ClN3O2. The van der Waals surface area contributed by atoms with Gasteiger partial charge in [0.05, 0.1) is 10.4 Å². The van der Waals surface area contributed by atoms with E-state index in [1.54, 1.807) is 12.4 Å². The lowest BCUT2D eigenvalue weighted by Crippen LogP contribution is -2.42. The Kier molecular flexibility index (Phi) is 4.27. The van der Waals surface area contributed by atoms with Gasteiger partial charge in [-0.3, -0.25) is 19.6 Å². The molecule has 0 spiro atoms. The Bertz CT molecular complexity index is 634. The molecule has 3 aliphatic rings. The number of hydrogen-bond donors (Lipinski definition) is 1. The zero-order chi connectivity index (χ0) is 16.7. The second-order valence-electron chi connectivity index (χ2n) is 7.66. The number of carboxylic acids is 1. The van der Waals surface area contributed by atoms with Crippen LogP contribution >= 0.6 is 11.6 Å². The molecule has 0 amide bonds. The Morgan fingerprint density at radius 1 is 1.33 bits per heavy atom. The SMILES string of the molecule is O=C(O)C12CN(Cc3ccncc3Cl)CC1CN(C1CCCC1)C2. The molecule has 5 nitrogen and oxygen atoms in total. The summed E-state index contributed by atoms with van der Waals surface area (Å²) >= 11 is 6.22. The minimum absolute atomic E-state index is 0.219. The maximum absolute atomic E-state index is 12.1. The van der Waals surface area contributed by atoms with Crippen LogP contribution in [0.4, 0.5) is 0 Å². The lowest BCUT2D eigenvalue weighted by atomic mass is 9.81. The highest BCUT2D eigenvalue weighted by Crippen LogP contribution is 2.45. The van der Waals surface area contributed by atoms with Gasteiger partial charge in [-0.05, 0) is 24.5 Å². The summed E-state index contributed by atoms with van der Waals surface area (Å²) in [6.45, 7) is 3.80. The molecule has 1 aliphatic carbocycles. The molecular weight excluding hydrogens is 326 g/mol. The van der Waals surface area contributed by atoms with Crippen molar-refractivity contribution in [2.45, 2.75) is 38.3 Å². The van der Waals surface area contributed by atoms with E-state index in [9.17, 15) is 9.90 Å². The van der Waals surface area contributed by atoms with Crippen LogP contribution in [0.25, 0.3) is 0 Å². The Morgan fingerprint density at radius 3 is 2.79 bits per heavy atom. The molecule has 1 aromatic heterocycles. The van der Waals surface area contributed by atoms with Crippen molar-refractivity contribution in [1.29, 1.82) is 0 Å². The van der Waals surface area contributed by atoms with Crippen molar-refractivity contribution in [3.8, 4) is 0 Å². The third kappa shape index (κ3) is 2.72. The number of aromatic nitrogens is 1. The minimum Gasteiger partial charge on any atom is -0.481 e. The van der Waals surface area contributed by atoms with Crippen molar-refractivity contribution >= 4 is 17.6 Å². The van der Waals surface area contributed by atoms with Gasteiger partial charge in [-0.2, -0.15) is 0 Å². The topological polar surface area (TPSA) is 56.7 Å². The third-order valence-electron chi connectivity index (χ3n) is 6.22. The molecule has 1 saturated carbocycles. The van der Waals surface area contributed by atoms with Gasteiger partial charge in [-0.1, -0.05) is 24.4 Å². The van der Waals surface area contributed by atoms with Crippen LogP contribution in [-0.4, -0.2) is 58.1 Å². The zero-order valence-electron chi connectivity index (χ0n) is 13.8. The fourth-order valence-electron chi connectivity index (χ4n) is 4.95. The largest absolute Gasteiger partial charge is 0.481 e. The molecule has 1 N–H and O–H groups in total. The molecule has 3 heterocycles. The Hall–Kier alpha value is -1.17. The first-order chi connectivity index (χ1) is 11.6. The molecule has 2 unspecified atom stereocenters. The van der Waals surface area contributed by atoms with Gasteiger partial charge in [-0.15, -0.1) is 0 Å². The fraction of sp³-hybridized carbons (Fsp3) is 0.667. The molecule has 2 aliphatic heterocycles. The number of pyridine rings is 1. The summed E-state index contributed by atoms with van der Waals surface area (Å²) in [5.74, 6) is -0.410. The first kappa shape index (κ1) is 16.3. The van der Waals surface area contributed by atoms with Crippen molar-refractivity contribution in [3.63, 3.8) is 0 Å². The lowest BCUT2D eigenvalue weighted by molar-refractivity contribution is -0.149. The molecule has 3 fully saturated rings. The lowest BCUT2D eigenvalue weighted by Gasteiger charge is -2.28. The highest BCUT2D eigenvalue weighted by Gasteiger charge is 2.58. The highest BCUT2D eigenvalue weighted by molar-refractivity contribution is 6.31. The van der Waals surface area contributed by atoms with Crippen LogP contribution < -0.4 is 0 Å². The Labute approximate surface area is 147 Å². The van der Waals surface area contributed by atoms with Crippen LogP contribution in [0.5, 0.6) is 0 Å². The van der Waals surface area contributed by atoms with E-state index in [-0.39, 0.29) is 5.92 Å². The second-order valence-corrected chi connectivity index (χ2v) is 8.07. The van der Waals surface area contributed by atoms with E-state index >= 15 is 0 Å². The monoisotopic (exact) mass is 349 g/mol. The number of likely N-dealkylation sites (tertiary alicyclic amines) is 2. The van der Waals surface area contributed by atoms with E-state index in [2.05, 4.69) is 14.8 Å². The summed E-state index contributed by atoms with van der Waals surface area (Å²) in [5, 5.41) is 10.6. The standard InChI is InChI=1S/C18H24ClN3O2/c19-16-7-20-6-5-13(16)8-21-9-14-10-22(15-3-1-2-4-15)12-18(14,11-21)17(23)24/h5-7,14-15H,1-4,8-12H2,(H,23,24). The Morgan fingerprint density at radius 2 is 2.12 bits per heavy atom. The summed E-state index contributed by atoms with van der Waals surface area (Å²) < 4.78 is 0. The van der Waals surface area contributed by atoms with E-state index in [0.717, 1.165) is 18.7 Å². The number of carboxylic acid groups (broad SMARTS) is 1. The number of hydrogen-bond acceptors (Lipinski definition) is 4. The fourth-order valence-corrected chi connectivity index (χ4v) is 5.13. The number of aliphatic carboxylic acids is 1. The van der Waals surface area contributed by atoms with Crippen LogP contribution in [0.2, 0.25) is 5.02 Å². The first-order valence-corrected chi connectivity index (χ1v) is 9.24. The molecule has 0 aromatic carbocycles. The number of rotatable bonds is 4. The number of halogens is 1. The number of fused-ring (bicyclic) bond motifs is 1. The van der Waals surface area contributed by atoms with Gasteiger partial charge in [0.2, 0.25) is 0 Å². The van der Waals surface area contributed by atoms with E-state index in [1.165, 1.54) is 25.7 Å². The normalized spacial score (nSPS) is 31.6. The molecule has 24 heavy (non-hydrogen) atoms. The molecule has 2 atom stereocenters. The summed E-state index contributed by atoms with van der Waals surface area (Å²) in [6, 6.07) is 2.53. The van der Waals surface area contributed by atoms with Crippen LogP contribution in [0, 0.1) is 11.3 Å². The molecule has 4 rings (SSSR count). The van der Waals surface area contributed by atoms with Crippen LogP contribution in [0.3, 0.4) is 0 Å². The molecule has 0 radical (unpaired) electrons. The van der Waals surface area contributed by atoms with Gasteiger partial charge in [0, 0.05) is 57.1 Å². The average Bonchev–Trinajstić information content (AvgIpc) is 3.23. The molecule has 6 heteroatoms. The van der Waals surface area contributed by atoms with Crippen molar-refractivity contribution in [2.24, 2.45) is 11.3 Å². The number of nitrogens with zero attached hydrogens (tertiary/aromatic N) is 3. The van der Waals surface area contributed by atoms with E-state index in [1.807, 2.05) is 6.07 Å². The van der Waals surface area contributed by atoms with Crippen molar-refractivity contribution < 1.29 is 9.90 Å². The van der Waals surface area contributed by atoms with Gasteiger partial charge in [0.25, 0.3) is 0 Å². The molecule has 0 bridgehead atoms. The minimum atomic E-state index is -0.628. The average molecular weight is 350 g/mol. The highest BCUT2D eigenvalue weighted by atomic mass is 35.5. The van der Waals surface area contributed by atoms with Crippen LogP contribution in [0.15, 0.2) is 18.5 Å². The van der Waals surface area contributed by atoms with Crippen molar-refractivity contribution in [1.82, 2.24) is 14.8 Å². The van der Waals surface area contributed by atoms with Crippen molar-refractivity contribution in [2.75, 3.05) is 26.2 Å². The van der Waals surface area contributed by atoms with Crippen LogP contribution in [0.1, 0.15) is 31.2 Å². The second kappa shape index (κ2) is 6.28. The van der Waals surface area contributed by atoms with Gasteiger partial charge in [0.15, 0.2) is 0 Å². The zero-order valence-corrected chi connectivity index (χ0v) is 14.6. The summed E-state index contributed by atoms with van der Waals surface area (Å²) in [5.41, 5.74) is 0.419. The molecule has 2 saturated heterocycles. The maximum atomic E-state index is 12.1. The summed E-state index contributed by atoms with van der Waals surface area (Å²) in [6.07, 6.45) is 8.45. The summed E-state index contributed by atoms with van der Waals surface area (Å²) in [7, 11) is 0. The van der Waals surface area contributed by atoms with Gasteiger partial charge >= 0.3 is 5.97 Å². The van der Waals surface area contributed by atoms with E-state index in [4.69, 9.17) is 11.6 Å². The maximum Gasteiger partial charge on any atom is 0.312 e. The molecule has 130 valence electrons.